The lowest BCUT2D eigenvalue weighted by Gasteiger charge is -2.24. The van der Waals surface area contributed by atoms with Crippen molar-refractivity contribution in [3.05, 3.63) is 52.0 Å². The van der Waals surface area contributed by atoms with Crippen LogP contribution in [-0.4, -0.2) is 11.5 Å². The molecule has 0 saturated heterocycles. The summed E-state index contributed by atoms with van der Waals surface area (Å²) in [4.78, 5) is 4.13. The monoisotopic (exact) mass is 314 g/mol. The Balaban J connectivity index is 2.29. The van der Waals surface area contributed by atoms with Crippen molar-refractivity contribution < 1.29 is 13.2 Å². The average molecular weight is 314 g/mol. The lowest BCUT2D eigenvalue weighted by atomic mass is 9.92. The minimum Gasteiger partial charge on any atom is -0.309 e. The van der Waals surface area contributed by atoms with Gasteiger partial charge in [0.1, 0.15) is 0 Å². The van der Waals surface area contributed by atoms with E-state index in [0.29, 0.717) is 22.8 Å². The number of hydrogen-bond donors (Lipinski definition) is 1. The van der Waals surface area contributed by atoms with Crippen LogP contribution in [-0.2, 0) is 6.18 Å². The van der Waals surface area contributed by atoms with E-state index in [1.165, 1.54) is 6.20 Å². The molecule has 0 aliphatic carbocycles. The normalized spacial score (nSPS) is 14.9. The number of benzene rings is 1. The largest absolute Gasteiger partial charge is 0.443 e. The molecule has 114 valence electrons. The number of hydrogen-bond acceptors (Lipinski definition) is 3. The zero-order valence-electron chi connectivity index (χ0n) is 11.8. The minimum absolute atomic E-state index is 0.0627. The summed E-state index contributed by atoms with van der Waals surface area (Å²) in [5.41, 5.74) is 1.09. The zero-order valence-corrected chi connectivity index (χ0v) is 12.6. The predicted octanol–water partition coefficient (Wildman–Crippen LogP) is 4.62. The summed E-state index contributed by atoms with van der Waals surface area (Å²) in [6.45, 7) is 4.63. The quantitative estimate of drug-likeness (QED) is 0.871. The highest BCUT2D eigenvalue weighted by molar-refractivity contribution is 7.11. The van der Waals surface area contributed by atoms with Crippen LogP contribution in [0.4, 0.5) is 13.2 Å². The molecule has 0 aliphatic rings. The van der Waals surface area contributed by atoms with Gasteiger partial charge in [0.25, 0.3) is 0 Å². The van der Waals surface area contributed by atoms with E-state index < -0.39 is 11.2 Å². The van der Waals surface area contributed by atoms with Crippen molar-refractivity contribution in [2.45, 2.75) is 32.0 Å². The van der Waals surface area contributed by atoms with E-state index in [2.05, 4.69) is 10.3 Å². The molecule has 2 nitrogen and oxygen atoms in total. The first-order chi connectivity index (χ1) is 9.93. The van der Waals surface area contributed by atoms with Crippen LogP contribution in [0.5, 0.6) is 0 Å². The molecule has 0 saturated carbocycles. The molecule has 2 unspecified atom stereocenters. The van der Waals surface area contributed by atoms with Crippen molar-refractivity contribution in [3.63, 3.8) is 0 Å². The molecule has 0 radical (unpaired) electrons. The fourth-order valence-electron chi connectivity index (χ4n) is 2.25. The standard InChI is InChI=1S/C15H17F3N2S/c1-3-19-13(10(2)11-7-5-4-6-8-11)12-9-20-14(21-12)15(16,17)18/h4-10,13,19H,3H2,1-2H3. The van der Waals surface area contributed by atoms with Crippen LogP contribution < -0.4 is 5.32 Å². The highest BCUT2D eigenvalue weighted by Crippen LogP contribution is 2.38. The Morgan fingerprint density at radius 2 is 1.90 bits per heavy atom. The van der Waals surface area contributed by atoms with Crippen molar-refractivity contribution in [3.8, 4) is 0 Å². The molecule has 0 aliphatic heterocycles. The smallest absolute Gasteiger partial charge is 0.309 e. The lowest BCUT2D eigenvalue weighted by Crippen LogP contribution is -2.25. The fourth-order valence-corrected chi connectivity index (χ4v) is 3.22. The van der Waals surface area contributed by atoms with Crippen LogP contribution in [0.25, 0.3) is 0 Å². The Labute approximate surface area is 126 Å². The average Bonchev–Trinajstić information content (AvgIpc) is 2.94. The summed E-state index contributed by atoms with van der Waals surface area (Å²) in [6, 6.07) is 9.59. The van der Waals surface area contributed by atoms with Gasteiger partial charge in [0.15, 0.2) is 5.01 Å². The number of alkyl halides is 3. The number of rotatable bonds is 5. The van der Waals surface area contributed by atoms with E-state index in [4.69, 9.17) is 0 Å². The second kappa shape index (κ2) is 6.58. The van der Waals surface area contributed by atoms with E-state index >= 15 is 0 Å². The maximum absolute atomic E-state index is 12.7. The molecule has 1 N–H and O–H groups in total. The van der Waals surface area contributed by atoms with Gasteiger partial charge in [-0.1, -0.05) is 44.2 Å². The molecule has 1 heterocycles. The van der Waals surface area contributed by atoms with Crippen molar-refractivity contribution in [1.82, 2.24) is 10.3 Å². The summed E-state index contributed by atoms with van der Waals surface area (Å²) >= 11 is 0.712. The molecule has 0 spiro atoms. The van der Waals surface area contributed by atoms with E-state index in [0.717, 1.165) is 5.56 Å². The number of aromatic nitrogens is 1. The van der Waals surface area contributed by atoms with Gasteiger partial charge in [0, 0.05) is 23.0 Å². The first-order valence-electron chi connectivity index (χ1n) is 6.74. The van der Waals surface area contributed by atoms with Crippen LogP contribution in [0.3, 0.4) is 0 Å². The van der Waals surface area contributed by atoms with Gasteiger partial charge in [-0.15, -0.1) is 11.3 Å². The van der Waals surface area contributed by atoms with E-state index in [-0.39, 0.29) is 12.0 Å². The summed E-state index contributed by atoms with van der Waals surface area (Å²) in [6.07, 6.45) is -3.05. The fraction of sp³-hybridized carbons (Fsp3) is 0.400. The highest BCUT2D eigenvalue weighted by Gasteiger charge is 2.35. The second-order valence-corrected chi connectivity index (χ2v) is 5.86. The first kappa shape index (κ1) is 16.0. The van der Waals surface area contributed by atoms with Crippen LogP contribution in [0.1, 0.15) is 41.3 Å². The maximum atomic E-state index is 12.7. The van der Waals surface area contributed by atoms with Gasteiger partial charge in [-0.05, 0) is 12.1 Å². The number of likely N-dealkylation sites (N-methyl/N-ethyl adjacent to an activating group) is 1. The van der Waals surface area contributed by atoms with Gasteiger partial charge in [-0.3, -0.25) is 0 Å². The minimum atomic E-state index is -4.38. The van der Waals surface area contributed by atoms with Crippen LogP contribution in [0, 0.1) is 0 Å². The van der Waals surface area contributed by atoms with Gasteiger partial charge in [-0.2, -0.15) is 13.2 Å². The first-order valence-corrected chi connectivity index (χ1v) is 7.56. The molecular formula is C15H17F3N2S. The third kappa shape index (κ3) is 3.83. The number of halogens is 3. The van der Waals surface area contributed by atoms with Gasteiger partial charge in [0.05, 0.1) is 0 Å². The van der Waals surface area contributed by atoms with E-state index in [1.807, 2.05) is 44.2 Å². The molecule has 0 amide bonds. The van der Waals surface area contributed by atoms with Crippen LogP contribution in [0.2, 0.25) is 0 Å². The number of nitrogens with zero attached hydrogens (tertiary/aromatic N) is 1. The van der Waals surface area contributed by atoms with Gasteiger partial charge in [-0.25, -0.2) is 4.98 Å². The molecule has 21 heavy (non-hydrogen) atoms. The Kier molecular flexibility index (Phi) is 5.00. The third-order valence-electron chi connectivity index (χ3n) is 3.32. The summed E-state index contributed by atoms with van der Waals surface area (Å²) < 4.78 is 38.1. The second-order valence-electron chi connectivity index (χ2n) is 4.80. The van der Waals surface area contributed by atoms with Crippen molar-refractivity contribution in [1.29, 1.82) is 0 Å². The Hall–Kier alpha value is -1.40. The maximum Gasteiger partial charge on any atom is 0.443 e. The molecule has 1 aromatic carbocycles. The SMILES string of the molecule is CCNC(c1cnc(C(F)(F)F)s1)C(C)c1ccccc1. The Morgan fingerprint density at radius 3 is 2.43 bits per heavy atom. The zero-order chi connectivity index (χ0) is 15.5. The molecule has 1 aromatic heterocycles. The Bertz CT molecular complexity index is 566. The number of thiazole rings is 1. The molecular weight excluding hydrogens is 297 g/mol. The highest BCUT2D eigenvalue weighted by atomic mass is 32.1. The molecule has 2 atom stereocenters. The predicted molar refractivity (Wildman–Crippen MR) is 78.4 cm³/mol. The van der Waals surface area contributed by atoms with E-state index in [1.54, 1.807) is 0 Å². The molecule has 0 bridgehead atoms. The van der Waals surface area contributed by atoms with Gasteiger partial charge < -0.3 is 5.32 Å². The molecule has 0 fully saturated rings. The summed E-state index contributed by atoms with van der Waals surface area (Å²) in [7, 11) is 0. The van der Waals surface area contributed by atoms with Crippen molar-refractivity contribution in [2.75, 3.05) is 6.54 Å². The summed E-state index contributed by atoms with van der Waals surface area (Å²) in [5, 5.41) is 2.47. The molecule has 2 aromatic rings. The van der Waals surface area contributed by atoms with Gasteiger partial charge in [0.2, 0.25) is 0 Å². The Morgan fingerprint density at radius 1 is 1.24 bits per heavy atom. The molecule has 6 heteroatoms. The van der Waals surface area contributed by atoms with Crippen molar-refractivity contribution in [2.24, 2.45) is 0 Å². The number of nitrogens with one attached hydrogen (secondary N) is 1. The van der Waals surface area contributed by atoms with Gasteiger partial charge >= 0.3 is 6.18 Å². The topological polar surface area (TPSA) is 24.9 Å². The third-order valence-corrected chi connectivity index (χ3v) is 4.45. The lowest BCUT2D eigenvalue weighted by molar-refractivity contribution is -0.137. The van der Waals surface area contributed by atoms with Crippen LogP contribution >= 0.6 is 11.3 Å². The summed E-state index contributed by atoms with van der Waals surface area (Å²) in [5.74, 6) is 0.0627. The van der Waals surface area contributed by atoms with Crippen molar-refractivity contribution >= 4 is 11.3 Å². The molecule has 2 rings (SSSR count). The van der Waals surface area contributed by atoms with E-state index in [9.17, 15) is 13.2 Å². The van der Waals surface area contributed by atoms with Crippen LogP contribution in [0.15, 0.2) is 36.5 Å².